The normalized spacial score (nSPS) is 13.9. The molecule has 0 spiro atoms. The Bertz CT molecular complexity index is 997. The van der Waals surface area contributed by atoms with Crippen molar-refractivity contribution in [3.63, 3.8) is 0 Å². The van der Waals surface area contributed by atoms with E-state index >= 15 is 0 Å². The highest BCUT2D eigenvalue weighted by Crippen LogP contribution is 2.31. The van der Waals surface area contributed by atoms with Crippen LogP contribution in [0.1, 0.15) is 41.6 Å². The molecule has 0 atom stereocenters. The van der Waals surface area contributed by atoms with E-state index in [1.807, 2.05) is 48.0 Å². The van der Waals surface area contributed by atoms with Crippen molar-refractivity contribution in [3.8, 4) is 22.4 Å². The summed E-state index contributed by atoms with van der Waals surface area (Å²) < 4.78 is 25.9. The molecule has 0 aliphatic carbocycles. The first-order valence-corrected chi connectivity index (χ1v) is 8.69. The summed E-state index contributed by atoms with van der Waals surface area (Å²) in [7, 11) is 1.91. The zero-order valence-corrected chi connectivity index (χ0v) is 15.7. The number of hydrogen-bond acceptors (Lipinski definition) is 0. The predicted molar refractivity (Wildman–Crippen MR) is 107 cm³/mol. The van der Waals surface area contributed by atoms with Gasteiger partial charge in [0.1, 0.15) is 7.05 Å². The van der Waals surface area contributed by atoms with E-state index in [1.165, 1.54) is 11.1 Å². The van der Waals surface area contributed by atoms with E-state index in [9.17, 15) is 0 Å². The second-order valence-corrected chi connectivity index (χ2v) is 7.74. The zero-order valence-electron chi connectivity index (χ0n) is 18.7. The van der Waals surface area contributed by atoms with Crippen LogP contribution in [0.15, 0.2) is 60.8 Å². The number of aryl methyl sites for hydroxylation is 3. The van der Waals surface area contributed by atoms with Crippen LogP contribution in [-0.2, 0) is 12.5 Å². The highest BCUT2D eigenvalue weighted by molar-refractivity contribution is 5.72. The average Bonchev–Trinajstić information content (AvgIpc) is 2.61. The minimum absolute atomic E-state index is 0.0891. The third-order valence-corrected chi connectivity index (χ3v) is 4.73. The van der Waals surface area contributed by atoms with E-state index in [0.717, 1.165) is 22.4 Å². The first-order chi connectivity index (χ1) is 13.0. The largest absolute Gasteiger partial charge is 0.213 e. The molecule has 0 unspecified atom stereocenters. The summed E-state index contributed by atoms with van der Waals surface area (Å²) in [5.74, 6) is 0. The van der Waals surface area contributed by atoms with Gasteiger partial charge in [0, 0.05) is 21.3 Å². The van der Waals surface area contributed by atoms with Crippen molar-refractivity contribution in [2.45, 2.75) is 40.0 Å². The molecule has 1 heterocycles. The summed E-state index contributed by atoms with van der Waals surface area (Å²) in [5, 5.41) is 0. The minimum atomic E-state index is -2.17. The first kappa shape index (κ1) is 13.8. The number of benzene rings is 2. The van der Waals surface area contributed by atoms with Crippen molar-refractivity contribution in [3.05, 3.63) is 77.5 Å². The van der Waals surface area contributed by atoms with Crippen molar-refractivity contribution in [2.75, 3.05) is 0 Å². The van der Waals surface area contributed by atoms with Crippen LogP contribution < -0.4 is 4.57 Å². The van der Waals surface area contributed by atoms with Crippen LogP contribution in [0.4, 0.5) is 0 Å². The molecule has 3 rings (SSSR count). The van der Waals surface area contributed by atoms with Gasteiger partial charge in [-0.05, 0) is 47.5 Å². The third kappa shape index (κ3) is 3.51. The lowest BCUT2D eigenvalue weighted by Crippen LogP contribution is -2.31. The smallest absolute Gasteiger partial charge is 0.201 e. The van der Waals surface area contributed by atoms with Gasteiger partial charge in [-0.2, -0.15) is 0 Å². The summed E-state index contributed by atoms with van der Waals surface area (Å²) in [5.41, 5.74) is 6.73. The van der Waals surface area contributed by atoms with Crippen LogP contribution in [0.5, 0.6) is 0 Å². The molecule has 2 aromatic carbocycles. The highest BCUT2D eigenvalue weighted by Gasteiger charge is 2.19. The van der Waals surface area contributed by atoms with Crippen LogP contribution in [0.2, 0.25) is 0 Å². The standard InChI is InChI=1S/C24H28N/c1-17-14-20(24(3,4)5)12-13-21(17)23-15-22(18(2)16-25(23)6)19-10-8-7-9-11-19/h7-16H,1-6H3/q+1/i2D3. The van der Waals surface area contributed by atoms with Crippen molar-refractivity contribution >= 4 is 0 Å². The van der Waals surface area contributed by atoms with Crippen LogP contribution >= 0.6 is 0 Å². The maximum Gasteiger partial charge on any atom is 0.213 e. The quantitative estimate of drug-likeness (QED) is 0.525. The number of pyridine rings is 1. The molecule has 1 heteroatoms. The monoisotopic (exact) mass is 333 g/mol. The maximum atomic E-state index is 7.99. The number of hydrogen-bond donors (Lipinski definition) is 0. The molecule has 0 bridgehead atoms. The Hall–Kier alpha value is -2.41. The summed E-state index contributed by atoms with van der Waals surface area (Å²) in [6, 6.07) is 18.3. The van der Waals surface area contributed by atoms with E-state index in [0.29, 0.717) is 5.56 Å². The fourth-order valence-electron chi connectivity index (χ4n) is 3.19. The lowest BCUT2D eigenvalue weighted by atomic mass is 9.85. The van der Waals surface area contributed by atoms with Crippen molar-refractivity contribution in [1.29, 1.82) is 0 Å². The number of aromatic nitrogens is 1. The molecule has 1 nitrogen and oxygen atoms in total. The van der Waals surface area contributed by atoms with Crippen molar-refractivity contribution in [2.24, 2.45) is 7.05 Å². The van der Waals surface area contributed by atoms with Gasteiger partial charge >= 0.3 is 0 Å². The Morgan fingerprint density at radius 3 is 2.20 bits per heavy atom. The summed E-state index contributed by atoms with van der Waals surface area (Å²) in [6.07, 6.45) is 1.75. The molecule has 1 aromatic heterocycles. The topological polar surface area (TPSA) is 3.88 Å². The molecule has 25 heavy (non-hydrogen) atoms. The lowest BCUT2D eigenvalue weighted by Gasteiger charge is -2.20. The molecule has 0 aliphatic heterocycles. The fraction of sp³-hybridized carbons (Fsp3) is 0.292. The highest BCUT2D eigenvalue weighted by atomic mass is 14.9. The molecule has 0 N–H and O–H groups in total. The molecule has 0 amide bonds. The molecule has 3 aromatic rings. The zero-order chi connectivity index (χ0) is 20.7. The molecule has 0 saturated heterocycles. The van der Waals surface area contributed by atoms with E-state index in [-0.39, 0.29) is 5.41 Å². The Kier molecular flexibility index (Phi) is 3.58. The Labute approximate surface area is 156 Å². The second kappa shape index (κ2) is 6.48. The van der Waals surface area contributed by atoms with Crippen LogP contribution in [0.25, 0.3) is 22.4 Å². The van der Waals surface area contributed by atoms with Gasteiger partial charge in [0.25, 0.3) is 0 Å². The minimum Gasteiger partial charge on any atom is -0.201 e. The third-order valence-electron chi connectivity index (χ3n) is 4.73. The molecule has 128 valence electrons. The van der Waals surface area contributed by atoms with Gasteiger partial charge in [0.15, 0.2) is 6.20 Å². The van der Waals surface area contributed by atoms with Crippen LogP contribution in [0.3, 0.4) is 0 Å². The molecular weight excluding hydrogens is 302 g/mol. The van der Waals surface area contributed by atoms with E-state index in [4.69, 9.17) is 4.11 Å². The average molecular weight is 334 g/mol. The fourth-order valence-corrected chi connectivity index (χ4v) is 3.19. The van der Waals surface area contributed by atoms with E-state index < -0.39 is 6.85 Å². The molecule has 0 fully saturated rings. The van der Waals surface area contributed by atoms with E-state index in [1.54, 1.807) is 6.20 Å². The SMILES string of the molecule is [2H]C([2H])([2H])c1c[n+](C)c(-c2ccc(C(C)(C)C)cc2C)cc1-c1ccccc1. The first-order valence-electron chi connectivity index (χ1n) is 10.2. The van der Waals surface area contributed by atoms with E-state index in [2.05, 4.69) is 45.9 Å². The van der Waals surface area contributed by atoms with Gasteiger partial charge in [-0.25, -0.2) is 4.57 Å². The van der Waals surface area contributed by atoms with Crippen molar-refractivity contribution < 1.29 is 8.68 Å². The van der Waals surface area contributed by atoms with Gasteiger partial charge < -0.3 is 0 Å². The molecule has 0 radical (unpaired) electrons. The van der Waals surface area contributed by atoms with Crippen LogP contribution in [-0.4, -0.2) is 0 Å². The van der Waals surface area contributed by atoms with Crippen molar-refractivity contribution in [1.82, 2.24) is 0 Å². The Morgan fingerprint density at radius 1 is 0.880 bits per heavy atom. The van der Waals surface area contributed by atoms with Crippen LogP contribution in [0, 0.1) is 13.8 Å². The Balaban J connectivity index is 2.24. The van der Waals surface area contributed by atoms with Gasteiger partial charge in [0.05, 0.1) is 0 Å². The van der Waals surface area contributed by atoms with Gasteiger partial charge in [-0.1, -0.05) is 63.2 Å². The van der Waals surface area contributed by atoms with Gasteiger partial charge in [0.2, 0.25) is 5.69 Å². The predicted octanol–water partition coefficient (Wildman–Crippen LogP) is 5.76. The molecule has 0 saturated carbocycles. The summed E-state index contributed by atoms with van der Waals surface area (Å²) in [4.78, 5) is 0. The summed E-state index contributed by atoms with van der Waals surface area (Å²) >= 11 is 0. The Morgan fingerprint density at radius 2 is 1.60 bits per heavy atom. The number of rotatable bonds is 2. The maximum absolute atomic E-state index is 7.99. The van der Waals surface area contributed by atoms with Gasteiger partial charge in [-0.15, -0.1) is 0 Å². The molecule has 0 aliphatic rings. The second-order valence-electron chi connectivity index (χ2n) is 7.74. The molecular formula is C24H28N+. The number of nitrogens with zero attached hydrogens (tertiary/aromatic N) is 1. The summed E-state index contributed by atoms with van der Waals surface area (Å²) in [6.45, 7) is 6.57. The lowest BCUT2D eigenvalue weighted by molar-refractivity contribution is -0.660. The van der Waals surface area contributed by atoms with Gasteiger partial charge in [-0.3, -0.25) is 0 Å².